The average molecular weight is 233 g/mol. The average Bonchev–Trinajstić information content (AvgIpc) is 2.15. The van der Waals surface area contributed by atoms with Gasteiger partial charge in [-0.05, 0) is 11.6 Å². The molecule has 0 atom stereocenters. The van der Waals surface area contributed by atoms with E-state index in [2.05, 4.69) is 0 Å². The van der Waals surface area contributed by atoms with Crippen LogP contribution in [-0.2, 0) is 0 Å². The van der Waals surface area contributed by atoms with Crippen LogP contribution in [-0.4, -0.2) is 10.2 Å². The smallest absolute Gasteiger partial charge is 0.270 e. The number of aromatic nitrogens is 1. The zero-order valence-electron chi connectivity index (χ0n) is 7.05. The second-order valence-electron chi connectivity index (χ2n) is 2.51. The monoisotopic (exact) mass is 232 g/mol. The summed E-state index contributed by atoms with van der Waals surface area (Å²) in [4.78, 5) is 23.6. The molecule has 0 bridgehead atoms. The Hall–Kier alpha value is -1.74. The van der Waals surface area contributed by atoms with Crippen LogP contribution in [0.1, 0.15) is 27.9 Å². The first-order valence-corrected chi connectivity index (χ1v) is 4.00. The minimum absolute atomic E-state index is 0.436. The van der Waals surface area contributed by atoms with Crippen LogP contribution >= 0.6 is 11.6 Å². The highest BCUT2D eigenvalue weighted by Gasteiger charge is 2.22. The van der Waals surface area contributed by atoms with Gasteiger partial charge in [-0.25, -0.2) is 8.78 Å². The Morgan fingerprint density at radius 3 is 2.60 bits per heavy atom. The van der Waals surface area contributed by atoms with Crippen LogP contribution in [0.15, 0.2) is 11.0 Å². The van der Waals surface area contributed by atoms with Crippen molar-refractivity contribution in [3.63, 3.8) is 0 Å². The second-order valence-corrected chi connectivity index (χ2v) is 2.85. The number of aromatic amines is 1. The van der Waals surface area contributed by atoms with Gasteiger partial charge in [0.1, 0.15) is 11.6 Å². The molecule has 0 aliphatic heterocycles. The van der Waals surface area contributed by atoms with E-state index in [1.54, 1.807) is 0 Å². The van der Waals surface area contributed by atoms with E-state index in [1.165, 1.54) is 6.07 Å². The lowest BCUT2D eigenvalue weighted by molar-refractivity contribution is 0.108. The van der Waals surface area contributed by atoms with Crippen LogP contribution in [0.5, 0.6) is 0 Å². The number of carbonyl (C=O) groups excluding carboxylic acids is 1. The van der Waals surface area contributed by atoms with E-state index < -0.39 is 33.9 Å². The highest BCUT2D eigenvalue weighted by Crippen LogP contribution is 2.21. The van der Waals surface area contributed by atoms with Crippen molar-refractivity contribution in [1.82, 2.24) is 4.98 Å². The minimum Gasteiger partial charge on any atom is -0.328 e. The zero-order valence-corrected chi connectivity index (χ0v) is 7.81. The van der Waals surface area contributed by atoms with E-state index in [9.17, 15) is 18.4 Å². The molecule has 15 heavy (non-hydrogen) atoms. The number of nitrogens with one attached hydrogen (secondary N) is 1. The predicted octanol–water partition coefficient (Wildman–Crippen LogP) is 1.56. The molecule has 0 spiro atoms. The lowest BCUT2D eigenvalue weighted by Crippen LogP contribution is -2.17. The summed E-state index contributed by atoms with van der Waals surface area (Å²) in [6.07, 6.45) is -2.30. The molecule has 7 heteroatoms. The van der Waals surface area contributed by atoms with Gasteiger partial charge in [-0.1, -0.05) is 0 Å². The van der Waals surface area contributed by atoms with E-state index in [1.807, 2.05) is 4.98 Å². The van der Waals surface area contributed by atoms with Gasteiger partial charge in [0.15, 0.2) is 0 Å². The standard InChI is InChI=1S/C8H3ClF2N2O2/c9-6(14)4-2-13-8(15)5(7(10)11)3(4)1-12/h2,7H,(H,13,15). The number of carbonyl (C=O) groups is 1. The van der Waals surface area contributed by atoms with E-state index in [-0.39, 0.29) is 0 Å². The molecule has 0 amide bonds. The van der Waals surface area contributed by atoms with Gasteiger partial charge >= 0.3 is 0 Å². The highest BCUT2D eigenvalue weighted by molar-refractivity contribution is 6.68. The lowest BCUT2D eigenvalue weighted by atomic mass is 10.1. The summed E-state index contributed by atoms with van der Waals surface area (Å²) in [6, 6.07) is 1.36. The molecular weight excluding hydrogens is 230 g/mol. The first-order chi connectivity index (χ1) is 6.99. The zero-order chi connectivity index (χ0) is 11.6. The number of rotatable bonds is 2. The molecule has 0 saturated carbocycles. The van der Waals surface area contributed by atoms with Crippen molar-refractivity contribution in [3.8, 4) is 6.07 Å². The first-order valence-electron chi connectivity index (χ1n) is 3.62. The number of nitriles is 1. The van der Waals surface area contributed by atoms with Gasteiger partial charge in [-0.2, -0.15) is 5.26 Å². The Kier molecular flexibility index (Phi) is 3.17. The fourth-order valence-electron chi connectivity index (χ4n) is 1.03. The maximum absolute atomic E-state index is 12.4. The maximum Gasteiger partial charge on any atom is 0.270 e. The van der Waals surface area contributed by atoms with Crippen molar-refractivity contribution < 1.29 is 13.6 Å². The largest absolute Gasteiger partial charge is 0.328 e. The van der Waals surface area contributed by atoms with Crippen LogP contribution in [0.4, 0.5) is 8.78 Å². The number of H-pyrrole nitrogens is 1. The Labute approximate surface area is 87.1 Å². The fraction of sp³-hybridized carbons (Fsp3) is 0.125. The van der Waals surface area contributed by atoms with Gasteiger partial charge in [0.2, 0.25) is 0 Å². The highest BCUT2D eigenvalue weighted by atomic mass is 35.5. The fourth-order valence-corrected chi connectivity index (χ4v) is 1.18. The molecule has 1 heterocycles. The molecule has 4 nitrogen and oxygen atoms in total. The first kappa shape index (κ1) is 11.3. The van der Waals surface area contributed by atoms with Gasteiger partial charge in [-0.3, -0.25) is 9.59 Å². The van der Waals surface area contributed by atoms with Gasteiger partial charge in [-0.15, -0.1) is 0 Å². The Bertz CT molecular complexity index is 504. The van der Waals surface area contributed by atoms with Crippen LogP contribution in [0.3, 0.4) is 0 Å². The lowest BCUT2D eigenvalue weighted by Gasteiger charge is -2.03. The molecule has 0 aliphatic rings. The summed E-state index contributed by atoms with van der Waals surface area (Å²) in [5, 5.41) is 7.50. The SMILES string of the molecule is N#Cc1c(C(=O)Cl)c[nH]c(=O)c1C(F)F. The van der Waals surface area contributed by atoms with Gasteiger partial charge in [0, 0.05) is 6.20 Å². The number of hydrogen-bond acceptors (Lipinski definition) is 3. The van der Waals surface area contributed by atoms with Crippen molar-refractivity contribution in [1.29, 1.82) is 5.26 Å². The molecule has 1 N–H and O–H groups in total. The van der Waals surface area contributed by atoms with E-state index in [0.29, 0.717) is 0 Å². The van der Waals surface area contributed by atoms with E-state index in [0.717, 1.165) is 6.20 Å². The van der Waals surface area contributed by atoms with Crippen LogP contribution in [0, 0.1) is 11.3 Å². The Morgan fingerprint density at radius 1 is 1.60 bits per heavy atom. The number of hydrogen-bond donors (Lipinski definition) is 1. The van der Waals surface area contributed by atoms with Crippen molar-refractivity contribution in [3.05, 3.63) is 33.2 Å². The molecule has 1 aromatic rings. The summed E-state index contributed by atoms with van der Waals surface area (Å²) >= 11 is 5.06. The molecule has 1 rings (SSSR count). The summed E-state index contributed by atoms with van der Waals surface area (Å²) < 4.78 is 24.8. The molecule has 0 aromatic carbocycles. The Morgan fingerprint density at radius 2 is 2.20 bits per heavy atom. The number of halogens is 3. The van der Waals surface area contributed by atoms with Gasteiger partial charge in [0.25, 0.3) is 17.2 Å². The van der Waals surface area contributed by atoms with Crippen LogP contribution < -0.4 is 5.56 Å². The summed E-state index contributed by atoms with van der Waals surface area (Å²) in [5.41, 5.74) is -3.27. The van der Waals surface area contributed by atoms with Crippen molar-refractivity contribution in [2.24, 2.45) is 0 Å². The molecule has 78 valence electrons. The second kappa shape index (κ2) is 4.19. The quantitative estimate of drug-likeness (QED) is 0.787. The topological polar surface area (TPSA) is 73.7 Å². The third-order valence-corrected chi connectivity index (χ3v) is 1.88. The third-order valence-electron chi connectivity index (χ3n) is 1.67. The number of alkyl halides is 2. The predicted molar refractivity (Wildman–Crippen MR) is 46.9 cm³/mol. The number of nitrogens with zero attached hydrogens (tertiary/aromatic N) is 1. The summed E-state index contributed by atoms with van der Waals surface area (Å²) in [7, 11) is 0. The van der Waals surface area contributed by atoms with E-state index in [4.69, 9.17) is 16.9 Å². The molecule has 0 fully saturated rings. The van der Waals surface area contributed by atoms with Gasteiger partial charge < -0.3 is 4.98 Å². The minimum atomic E-state index is -3.14. The van der Waals surface area contributed by atoms with Crippen molar-refractivity contribution >= 4 is 16.8 Å². The third kappa shape index (κ3) is 2.02. The number of pyridine rings is 1. The summed E-state index contributed by atoms with van der Waals surface area (Å²) in [6.45, 7) is 0. The van der Waals surface area contributed by atoms with Gasteiger partial charge in [0.05, 0.1) is 11.1 Å². The molecule has 0 aliphatic carbocycles. The molecule has 0 saturated heterocycles. The van der Waals surface area contributed by atoms with Crippen LogP contribution in [0.2, 0.25) is 0 Å². The van der Waals surface area contributed by atoms with Crippen molar-refractivity contribution in [2.45, 2.75) is 6.43 Å². The summed E-state index contributed by atoms with van der Waals surface area (Å²) in [5.74, 6) is 0. The van der Waals surface area contributed by atoms with Crippen LogP contribution in [0.25, 0.3) is 0 Å². The molecule has 0 unspecified atom stereocenters. The molecular formula is C8H3ClF2N2O2. The Balaban J connectivity index is 3.64. The normalized spacial score (nSPS) is 10.1. The van der Waals surface area contributed by atoms with Crippen molar-refractivity contribution in [2.75, 3.05) is 0 Å². The molecule has 0 radical (unpaired) electrons. The van der Waals surface area contributed by atoms with E-state index >= 15 is 0 Å². The molecule has 1 aromatic heterocycles. The maximum atomic E-state index is 12.4.